The molecule has 1 saturated heterocycles. The van der Waals surface area contributed by atoms with Gasteiger partial charge in [0.25, 0.3) is 5.91 Å². The zero-order chi connectivity index (χ0) is 21.0. The summed E-state index contributed by atoms with van der Waals surface area (Å²) in [7, 11) is 0. The van der Waals surface area contributed by atoms with Gasteiger partial charge in [-0.15, -0.1) is 0 Å². The van der Waals surface area contributed by atoms with Crippen LogP contribution in [-0.2, 0) is 16.2 Å². The maximum Gasteiger partial charge on any atom is 0.326 e. The van der Waals surface area contributed by atoms with Crippen molar-refractivity contribution in [1.82, 2.24) is 4.90 Å². The molecule has 1 heterocycles. The van der Waals surface area contributed by atoms with E-state index in [1.165, 1.54) is 4.90 Å². The quantitative estimate of drug-likeness (QED) is 0.476. The van der Waals surface area contributed by atoms with Gasteiger partial charge in [-0.05, 0) is 36.3 Å². The molecule has 0 radical (unpaired) electrons. The Morgan fingerprint density at radius 2 is 1.97 bits per heavy atom. The lowest BCUT2D eigenvalue weighted by atomic mass is 10.1. The van der Waals surface area contributed by atoms with Crippen molar-refractivity contribution in [1.29, 1.82) is 0 Å². The van der Waals surface area contributed by atoms with Gasteiger partial charge in [0.05, 0.1) is 4.91 Å². The summed E-state index contributed by atoms with van der Waals surface area (Å²) < 4.78 is 6.01. The van der Waals surface area contributed by atoms with Gasteiger partial charge in [-0.1, -0.05) is 72.8 Å². The monoisotopic (exact) mass is 447 g/mol. The molecule has 0 aliphatic carbocycles. The van der Waals surface area contributed by atoms with Gasteiger partial charge in [-0.2, -0.15) is 0 Å². The van der Waals surface area contributed by atoms with Crippen molar-refractivity contribution in [3.05, 3.63) is 69.6 Å². The van der Waals surface area contributed by atoms with Gasteiger partial charge in [0, 0.05) is 10.6 Å². The Balaban J connectivity index is 1.69. The smallest absolute Gasteiger partial charge is 0.326 e. The molecule has 0 aromatic heterocycles. The molecule has 0 saturated carbocycles. The van der Waals surface area contributed by atoms with Crippen LogP contribution in [0.4, 0.5) is 0 Å². The van der Waals surface area contributed by atoms with E-state index in [0.717, 1.165) is 22.9 Å². The number of carbonyl (C=O) groups excluding carboxylic acids is 1. The predicted molar refractivity (Wildman–Crippen MR) is 119 cm³/mol. The van der Waals surface area contributed by atoms with Crippen molar-refractivity contribution < 1.29 is 19.4 Å². The normalized spacial score (nSPS) is 16.3. The van der Waals surface area contributed by atoms with E-state index < -0.39 is 12.0 Å². The highest BCUT2D eigenvalue weighted by Crippen LogP contribution is 2.34. The molecular formula is C21H18ClNO4S2. The Kier molecular flexibility index (Phi) is 6.95. The molecule has 2 aromatic rings. The first-order chi connectivity index (χ1) is 13.9. The van der Waals surface area contributed by atoms with E-state index in [0.29, 0.717) is 22.3 Å². The molecule has 0 spiro atoms. The Labute approximate surface area is 183 Å². The molecule has 8 heteroatoms. The predicted octanol–water partition coefficient (Wildman–Crippen LogP) is 4.98. The number of aliphatic carboxylic acids is 1. The van der Waals surface area contributed by atoms with Crippen LogP contribution in [0.3, 0.4) is 0 Å². The van der Waals surface area contributed by atoms with E-state index in [1.54, 1.807) is 25.1 Å². The minimum Gasteiger partial charge on any atom is -0.489 e. The highest BCUT2D eigenvalue weighted by Gasteiger charge is 2.39. The standard InChI is InChI=1S/C21H18ClNO4S2/c1-2-17(20(25)26)23-19(24)18(29-21(23)28)11-13-7-9-15(10-8-13)27-12-14-5-3-4-6-16(14)22/h3-11,17H,2,12H2,1H3,(H,25,26)/b18-11+/t17-/m0/s1. The maximum atomic E-state index is 12.6. The zero-order valence-corrected chi connectivity index (χ0v) is 17.9. The molecule has 1 atom stereocenters. The van der Waals surface area contributed by atoms with Gasteiger partial charge in [-0.3, -0.25) is 9.69 Å². The van der Waals surface area contributed by atoms with Gasteiger partial charge in [0.15, 0.2) is 0 Å². The largest absolute Gasteiger partial charge is 0.489 e. The molecule has 5 nitrogen and oxygen atoms in total. The number of carboxylic acids is 1. The minimum absolute atomic E-state index is 0.259. The average molecular weight is 448 g/mol. The number of carboxylic acid groups (broad SMARTS) is 1. The van der Waals surface area contributed by atoms with Crippen LogP contribution < -0.4 is 4.74 Å². The number of carbonyl (C=O) groups is 2. The second-order valence-corrected chi connectivity index (χ2v) is 8.35. The summed E-state index contributed by atoms with van der Waals surface area (Å²) in [5, 5.41) is 9.97. The van der Waals surface area contributed by atoms with Crippen LogP contribution in [0, 0.1) is 0 Å². The summed E-state index contributed by atoms with van der Waals surface area (Å²) in [6.45, 7) is 2.06. The van der Waals surface area contributed by atoms with E-state index in [9.17, 15) is 14.7 Å². The summed E-state index contributed by atoms with van der Waals surface area (Å²) >= 11 is 12.5. The molecule has 1 aliphatic rings. The molecule has 3 rings (SSSR count). The second-order valence-electron chi connectivity index (χ2n) is 6.26. The van der Waals surface area contributed by atoms with Crippen molar-refractivity contribution in [2.24, 2.45) is 0 Å². The Bertz CT molecular complexity index is 975. The van der Waals surface area contributed by atoms with E-state index in [2.05, 4.69) is 0 Å². The fraction of sp³-hybridized carbons (Fsp3) is 0.190. The number of amides is 1. The Morgan fingerprint density at radius 3 is 2.59 bits per heavy atom. The number of nitrogens with zero attached hydrogens (tertiary/aromatic N) is 1. The number of hydrogen-bond acceptors (Lipinski definition) is 5. The number of rotatable bonds is 7. The lowest BCUT2D eigenvalue weighted by molar-refractivity contribution is -0.145. The topological polar surface area (TPSA) is 66.8 Å². The van der Waals surface area contributed by atoms with Crippen LogP contribution in [0.15, 0.2) is 53.4 Å². The fourth-order valence-corrected chi connectivity index (χ4v) is 4.35. The number of thioether (sulfide) groups is 1. The highest BCUT2D eigenvalue weighted by molar-refractivity contribution is 8.26. The lowest BCUT2D eigenvalue weighted by Gasteiger charge is -2.21. The molecular weight excluding hydrogens is 430 g/mol. The van der Waals surface area contributed by atoms with Crippen molar-refractivity contribution in [2.45, 2.75) is 26.0 Å². The van der Waals surface area contributed by atoms with Crippen LogP contribution in [0.5, 0.6) is 5.75 Å². The number of thiocarbonyl (C=S) groups is 1. The van der Waals surface area contributed by atoms with Crippen LogP contribution in [0.1, 0.15) is 24.5 Å². The summed E-state index contributed by atoms with van der Waals surface area (Å²) in [4.78, 5) is 25.6. The first-order valence-electron chi connectivity index (χ1n) is 8.87. The lowest BCUT2D eigenvalue weighted by Crippen LogP contribution is -2.43. The van der Waals surface area contributed by atoms with Crippen molar-refractivity contribution in [3.8, 4) is 5.75 Å². The Hall–Kier alpha value is -2.35. The number of ether oxygens (including phenoxy) is 1. The summed E-state index contributed by atoms with van der Waals surface area (Å²) in [5.74, 6) is -0.773. The van der Waals surface area contributed by atoms with Crippen molar-refractivity contribution in [3.63, 3.8) is 0 Å². The molecule has 1 fully saturated rings. The molecule has 1 aliphatic heterocycles. The second kappa shape index (κ2) is 9.43. The molecule has 150 valence electrons. The summed E-state index contributed by atoms with van der Waals surface area (Å²) in [6, 6.07) is 13.8. The number of hydrogen-bond donors (Lipinski definition) is 1. The van der Waals surface area contributed by atoms with Crippen LogP contribution >= 0.6 is 35.6 Å². The summed E-state index contributed by atoms with van der Waals surface area (Å²) in [5.41, 5.74) is 1.68. The molecule has 2 aromatic carbocycles. The van der Waals surface area contributed by atoms with Gasteiger partial charge in [0.2, 0.25) is 0 Å². The SMILES string of the molecule is CC[C@@H](C(=O)O)N1C(=O)/C(=C\c2ccc(OCc3ccccc3Cl)cc2)SC1=S. The third-order valence-corrected chi connectivity index (χ3v) is 6.04. The molecule has 1 amide bonds. The van der Waals surface area contributed by atoms with E-state index in [4.69, 9.17) is 28.6 Å². The molecule has 1 N–H and O–H groups in total. The minimum atomic E-state index is -1.06. The van der Waals surface area contributed by atoms with E-state index in [1.807, 2.05) is 36.4 Å². The van der Waals surface area contributed by atoms with Crippen LogP contribution in [0.2, 0.25) is 5.02 Å². The van der Waals surface area contributed by atoms with E-state index in [-0.39, 0.29) is 16.6 Å². The van der Waals surface area contributed by atoms with Crippen molar-refractivity contribution >= 4 is 57.9 Å². The first kappa shape index (κ1) is 21.4. The highest BCUT2D eigenvalue weighted by atomic mass is 35.5. The fourth-order valence-electron chi connectivity index (χ4n) is 2.80. The van der Waals surface area contributed by atoms with Crippen LogP contribution in [-0.4, -0.2) is 32.2 Å². The average Bonchev–Trinajstić information content (AvgIpc) is 2.97. The van der Waals surface area contributed by atoms with Gasteiger partial charge in [0.1, 0.15) is 22.7 Å². The summed E-state index contributed by atoms with van der Waals surface area (Å²) in [6.07, 6.45) is 1.98. The molecule has 0 bridgehead atoms. The van der Waals surface area contributed by atoms with E-state index >= 15 is 0 Å². The van der Waals surface area contributed by atoms with Crippen molar-refractivity contribution in [2.75, 3.05) is 0 Å². The number of halogens is 1. The molecule has 0 unspecified atom stereocenters. The Morgan fingerprint density at radius 1 is 1.28 bits per heavy atom. The first-order valence-corrected chi connectivity index (χ1v) is 10.5. The molecule has 29 heavy (non-hydrogen) atoms. The third-order valence-electron chi connectivity index (χ3n) is 4.34. The van der Waals surface area contributed by atoms with Gasteiger partial charge in [-0.25, -0.2) is 4.79 Å². The maximum absolute atomic E-state index is 12.6. The van der Waals surface area contributed by atoms with Crippen LogP contribution in [0.25, 0.3) is 6.08 Å². The third kappa shape index (κ3) is 4.98. The van der Waals surface area contributed by atoms with Gasteiger partial charge < -0.3 is 9.84 Å². The van der Waals surface area contributed by atoms with Gasteiger partial charge >= 0.3 is 5.97 Å². The zero-order valence-electron chi connectivity index (χ0n) is 15.5. The number of benzene rings is 2.